The average Bonchev–Trinajstić information content (AvgIpc) is 2.05. The second kappa shape index (κ2) is 3.89. The fourth-order valence-corrected chi connectivity index (χ4v) is 1.00. The number of aryl methyl sites for hydroxylation is 1. The number of aromatic nitrogens is 1. The molecule has 0 radical (unpaired) electrons. The molecule has 1 aromatic heterocycles. The molecule has 1 heterocycles. The maximum atomic E-state index is 9.47. The van der Waals surface area contributed by atoms with Gasteiger partial charge in [-0.3, -0.25) is 4.98 Å². The highest BCUT2D eigenvalue weighted by Gasteiger charge is 2.04. The summed E-state index contributed by atoms with van der Waals surface area (Å²) in [6.45, 7) is 1.88. The monoisotopic (exact) mass is 161 g/mol. The molecule has 0 fully saturated rings. The van der Waals surface area contributed by atoms with E-state index in [1.165, 1.54) is 0 Å². The molecule has 1 unspecified atom stereocenters. The topological polar surface area (TPSA) is 33.1 Å². The summed E-state index contributed by atoms with van der Waals surface area (Å²) in [5, 5.41) is 9.47. The van der Waals surface area contributed by atoms with Gasteiger partial charge < -0.3 is 5.11 Å². The Morgan fingerprint density at radius 3 is 3.08 bits per heavy atom. The van der Waals surface area contributed by atoms with Crippen molar-refractivity contribution in [3.05, 3.63) is 29.6 Å². The van der Waals surface area contributed by atoms with Gasteiger partial charge in [-0.2, -0.15) is 0 Å². The second-order valence-electron chi connectivity index (χ2n) is 2.65. The minimum atomic E-state index is -0.559. The molecular weight excluding hydrogens is 150 g/mol. The molecule has 1 atom stereocenters. The van der Waals surface area contributed by atoms with Gasteiger partial charge >= 0.3 is 0 Å². The highest BCUT2D eigenvalue weighted by molar-refractivity contribution is 5.19. The molecule has 0 aliphatic carbocycles. The summed E-state index contributed by atoms with van der Waals surface area (Å²) in [6, 6.07) is 3.61. The zero-order chi connectivity index (χ0) is 8.97. The van der Waals surface area contributed by atoms with Crippen LogP contribution in [0.25, 0.3) is 0 Å². The predicted octanol–water partition coefficient (Wildman–Crippen LogP) is 1.45. The van der Waals surface area contributed by atoms with Crippen molar-refractivity contribution in [2.24, 2.45) is 0 Å². The Kier molecular flexibility index (Phi) is 2.84. The summed E-state index contributed by atoms with van der Waals surface area (Å²) >= 11 is 0. The van der Waals surface area contributed by atoms with Crippen molar-refractivity contribution in [1.29, 1.82) is 0 Å². The van der Waals surface area contributed by atoms with Crippen molar-refractivity contribution in [2.75, 3.05) is 0 Å². The van der Waals surface area contributed by atoms with E-state index in [0.29, 0.717) is 6.42 Å². The van der Waals surface area contributed by atoms with Crippen molar-refractivity contribution in [2.45, 2.75) is 19.4 Å². The van der Waals surface area contributed by atoms with Gasteiger partial charge in [0.2, 0.25) is 0 Å². The van der Waals surface area contributed by atoms with Crippen LogP contribution in [0.4, 0.5) is 0 Å². The third-order valence-electron chi connectivity index (χ3n) is 1.62. The van der Waals surface area contributed by atoms with Gasteiger partial charge in [-0.1, -0.05) is 0 Å². The Labute approximate surface area is 72.3 Å². The van der Waals surface area contributed by atoms with E-state index >= 15 is 0 Å². The third-order valence-corrected chi connectivity index (χ3v) is 1.62. The van der Waals surface area contributed by atoms with E-state index in [-0.39, 0.29) is 0 Å². The van der Waals surface area contributed by atoms with Gasteiger partial charge in [0.25, 0.3) is 0 Å². The fourth-order valence-electron chi connectivity index (χ4n) is 1.00. The number of rotatable bonds is 2. The number of aliphatic hydroxyl groups is 1. The molecule has 0 bridgehead atoms. The molecule has 0 aromatic carbocycles. The number of nitrogens with zero attached hydrogens (tertiary/aromatic N) is 1. The molecule has 0 amide bonds. The van der Waals surface area contributed by atoms with E-state index in [1.807, 2.05) is 13.0 Å². The largest absolute Gasteiger partial charge is 0.387 e. The Bertz CT molecular complexity index is 301. The normalized spacial score (nSPS) is 12.1. The van der Waals surface area contributed by atoms with E-state index in [1.54, 1.807) is 12.3 Å². The standard InChI is InChI=1S/C10H11NO/c1-3-4-10(12)9-5-6-11-8(2)7-9/h1,5-7,10,12H,4H2,2H3. The molecule has 0 spiro atoms. The van der Waals surface area contributed by atoms with Crippen LogP contribution >= 0.6 is 0 Å². The summed E-state index contributed by atoms with van der Waals surface area (Å²) in [7, 11) is 0. The number of hydrogen-bond acceptors (Lipinski definition) is 2. The van der Waals surface area contributed by atoms with Crippen LogP contribution in [0.3, 0.4) is 0 Å². The minimum absolute atomic E-state index is 0.351. The molecular formula is C10H11NO. The van der Waals surface area contributed by atoms with Crippen molar-refractivity contribution in [1.82, 2.24) is 4.98 Å². The Morgan fingerprint density at radius 1 is 1.75 bits per heavy atom. The van der Waals surface area contributed by atoms with Crippen molar-refractivity contribution >= 4 is 0 Å². The Morgan fingerprint density at radius 2 is 2.50 bits per heavy atom. The minimum Gasteiger partial charge on any atom is -0.387 e. The van der Waals surface area contributed by atoms with E-state index in [0.717, 1.165) is 11.3 Å². The summed E-state index contributed by atoms with van der Waals surface area (Å²) in [6.07, 6.45) is 6.54. The highest BCUT2D eigenvalue weighted by Crippen LogP contribution is 2.15. The molecule has 1 N–H and O–H groups in total. The lowest BCUT2D eigenvalue weighted by Gasteiger charge is -2.06. The van der Waals surface area contributed by atoms with Gasteiger partial charge in [-0.25, -0.2) is 0 Å². The average molecular weight is 161 g/mol. The highest BCUT2D eigenvalue weighted by atomic mass is 16.3. The molecule has 12 heavy (non-hydrogen) atoms. The molecule has 2 heteroatoms. The Balaban J connectivity index is 2.82. The smallest absolute Gasteiger partial charge is 0.0900 e. The lowest BCUT2D eigenvalue weighted by molar-refractivity contribution is 0.184. The first-order valence-electron chi connectivity index (χ1n) is 3.78. The molecule has 62 valence electrons. The summed E-state index contributed by atoms with van der Waals surface area (Å²) in [5.41, 5.74) is 1.73. The van der Waals surface area contributed by atoms with Crippen LogP contribution in [-0.4, -0.2) is 10.1 Å². The molecule has 1 rings (SSSR count). The van der Waals surface area contributed by atoms with E-state index in [2.05, 4.69) is 10.9 Å². The first-order valence-corrected chi connectivity index (χ1v) is 3.78. The lowest BCUT2D eigenvalue weighted by Crippen LogP contribution is -1.96. The molecule has 1 aromatic rings. The van der Waals surface area contributed by atoms with Crippen LogP contribution in [0.1, 0.15) is 23.8 Å². The van der Waals surface area contributed by atoms with Crippen molar-refractivity contribution in [3.63, 3.8) is 0 Å². The van der Waals surface area contributed by atoms with Crippen LogP contribution < -0.4 is 0 Å². The molecule has 2 nitrogen and oxygen atoms in total. The molecule has 0 aliphatic rings. The van der Waals surface area contributed by atoms with Gasteiger partial charge in [-0.15, -0.1) is 12.3 Å². The van der Waals surface area contributed by atoms with Crippen LogP contribution in [0.2, 0.25) is 0 Å². The zero-order valence-electron chi connectivity index (χ0n) is 6.99. The van der Waals surface area contributed by atoms with Crippen molar-refractivity contribution < 1.29 is 5.11 Å². The van der Waals surface area contributed by atoms with Crippen LogP contribution in [0.5, 0.6) is 0 Å². The molecule has 0 aliphatic heterocycles. The summed E-state index contributed by atoms with van der Waals surface area (Å²) < 4.78 is 0. The van der Waals surface area contributed by atoms with Gasteiger partial charge in [-0.05, 0) is 24.6 Å². The summed E-state index contributed by atoms with van der Waals surface area (Å²) in [5.74, 6) is 2.42. The third kappa shape index (κ3) is 2.08. The quantitative estimate of drug-likeness (QED) is 0.666. The van der Waals surface area contributed by atoms with Gasteiger partial charge in [0.15, 0.2) is 0 Å². The number of terminal acetylenes is 1. The Hall–Kier alpha value is -1.33. The number of aliphatic hydroxyl groups excluding tert-OH is 1. The van der Waals surface area contributed by atoms with Gasteiger partial charge in [0.05, 0.1) is 6.10 Å². The maximum Gasteiger partial charge on any atom is 0.0900 e. The first kappa shape index (κ1) is 8.76. The van der Waals surface area contributed by atoms with E-state index in [4.69, 9.17) is 6.42 Å². The van der Waals surface area contributed by atoms with E-state index < -0.39 is 6.10 Å². The van der Waals surface area contributed by atoms with Crippen molar-refractivity contribution in [3.8, 4) is 12.3 Å². The lowest BCUT2D eigenvalue weighted by atomic mass is 10.1. The van der Waals surface area contributed by atoms with Crippen LogP contribution in [0.15, 0.2) is 18.3 Å². The van der Waals surface area contributed by atoms with Gasteiger partial charge in [0, 0.05) is 18.3 Å². The van der Waals surface area contributed by atoms with E-state index in [9.17, 15) is 5.11 Å². The SMILES string of the molecule is C#CCC(O)c1ccnc(C)c1. The van der Waals surface area contributed by atoms with Gasteiger partial charge in [0.1, 0.15) is 0 Å². The second-order valence-corrected chi connectivity index (χ2v) is 2.65. The van der Waals surface area contributed by atoms with Crippen LogP contribution in [-0.2, 0) is 0 Å². The number of hydrogen-bond donors (Lipinski definition) is 1. The maximum absolute atomic E-state index is 9.47. The molecule has 0 saturated carbocycles. The first-order chi connectivity index (χ1) is 5.74. The number of pyridine rings is 1. The molecule has 0 saturated heterocycles. The summed E-state index contributed by atoms with van der Waals surface area (Å²) in [4.78, 5) is 4.02. The van der Waals surface area contributed by atoms with Crippen LogP contribution in [0, 0.1) is 19.3 Å². The predicted molar refractivity (Wildman–Crippen MR) is 47.4 cm³/mol. The zero-order valence-corrected chi connectivity index (χ0v) is 6.99. The fraction of sp³-hybridized carbons (Fsp3) is 0.300.